The van der Waals surface area contributed by atoms with Gasteiger partial charge in [0, 0.05) is 18.3 Å². The number of hydrogen-bond acceptors (Lipinski definition) is 7. The van der Waals surface area contributed by atoms with Gasteiger partial charge >= 0.3 is 5.97 Å². The highest BCUT2D eigenvalue weighted by atomic mass is 32.2. The summed E-state index contributed by atoms with van der Waals surface area (Å²) in [5.41, 5.74) is 2.00. The van der Waals surface area contributed by atoms with Crippen molar-refractivity contribution in [2.75, 3.05) is 18.2 Å². The van der Waals surface area contributed by atoms with Crippen molar-refractivity contribution in [1.82, 2.24) is 14.8 Å². The zero-order chi connectivity index (χ0) is 23.4. The molecule has 5 aliphatic carbocycles. The highest BCUT2D eigenvalue weighted by molar-refractivity contribution is 7.99. The van der Waals surface area contributed by atoms with Gasteiger partial charge in [-0.15, -0.1) is 21.5 Å². The van der Waals surface area contributed by atoms with Crippen LogP contribution in [0.1, 0.15) is 71.6 Å². The van der Waals surface area contributed by atoms with Crippen LogP contribution < -0.4 is 5.32 Å². The number of ether oxygens (including phenoxy) is 1. The fourth-order valence-electron chi connectivity index (χ4n) is 7.57. The number of amides is 1. The van der Waals surface area contributed by atoms with Crippen molar-refractivity contribution >= 4 is 40.0 Å². The second-order valence-corrected chi connectivity index (χ2v) is 13.0. The summed E-state index contributed by atoms with van der Waals surface area (Å²) in [5.74, 6) is 3.53. The lowest BCUT2D eigenvalue weighted by molar-refractivity contribution is -0.113. The summed E-state index contributed by atoms with van der Waals surface area (Å²) < 4.78 is 7.06. The summed E-state index contributed by atoms with van der Waals surface area (Å²) in [6, 6.07) is 0. The minimum absolute atomic E-state index is 0.138. The van der Waals surface area contributed by atoms with E-state index in [0.29, 0.717) is 16.0 Å². The highest BCUT2D eigenvalue weighted by Crippen LogP contribution is 2.61. The number of rotatable bonds is 7. The first-order chi connectivity index (χ1) is 16.4. The van der Waals surface area contributed by atoms with Crippen LogP contribution in [0.5, 0.6) is 0 Å². The van der Waals surface area contributed by atoms with Gasteiger partial charge < -0.3 is 14.6 Å². The van der Waals surface area contributed by atoms with Crippen LogP contribution in [0.2, 0.25) is 0 Å². The minimum Gasteiger partial charge on any atom is -0.465 e. The molecule has 7 rings (SSSR count). The quantitative estimate of drug-likeness (QED) is 0.440. The summed E-state index contributed by atoms with van der Waals surface area (Å²) in [4.78, 5) is 26.3. The van der Waals surface area contributed by atoms with Gasteiger partial charge in [0.05, 0.1) is 18.4 Å². The molecule has 5 aliphatic rings. The van der Waals surface area contributed by atoms with Gasteiger partial charge in [-0.05, 0) is 86.5 Å². The van der Waals surface area contributed by atoms with E-state index in [-0.39, 0.29) is 17.6 Å². The largest absolute Gasteiger partial charge is 0.465 e. The lowest BCUT2D eigenvalue weighted by Crippen LogP contribution is -2.47. The molecule has 2 aromatic rings. The number of anilines is 1. The molecule has 9 heteroatoms. The number of nitrogens with zero attached hydrogens (tertiary/aromatic N) is 3. The lowest BCUT2D eigenvalue weighted by atomic mass is 9.49. The second kappa shape index (κ2) is 8.66. The third-order valence-electron chi connectivity index (χ3n) is 8.52. The molecule has 0 atom stereocenters. The van der Waals surface area contributed by atoms with E-state index in [1.54, 1.807) is 0 Å². The molecule has 1 amide bonds. The van der Waals surface area contributed by atoms with E-state index in [0.717, 1.165) is 60.0 Å². The molecule has 182 valence electrons. The Hall–Kier alpha value is -1.87. The number of thiophene rings is 1. The van der Waals surface area contributed by atoms with Gasteiger partial charge in [-0.3, -0.25) is 4.79 Å². The average Bonchev–Trinajstić information content (AvgIpc) is 3.46. The van der Waals surface area contributed by atoms with Crippen LogP contribution >= 0.6 is 23.1 Å². The maximum absolute atomic E-state index is 12.8. The van der Waals surface area contributed by atoms with Crippen molar-refractivity contribution in [3.63, 3.8) is 0 Å². The van der Waals surface area contributed by atoms with Gasteiger partial charge in [0.1, 0.15) is 10.8 Å². The predicted molar refractivity (Wildman–Crippen MR) is 132 cm³/mol. The number of esters is 1. The molecule has 2 aromatic heterocycles. The molecular weight excluding hydrogens is 468 g/mol. The number of nitrogens with one attached hydrogen (secondary N) is 1. The number of aryl methyl sites for hydroxylation is 1. The first-order valence-corrected chi connectivity index (χ1v) is 14.3. The van der Waals surface area contributed by atoms with Crippen molar-refractivity contribution in [2.45, 2.75) is 69.4 Å². The smallest absolute Gasteiger partial charge is 0.341 e. The summed E-state index contributed by atoms with van der Waals surface area (Å²) in [6.07, 6.45) is 12.3. The summed E-state index contributed by atoms with van der Waals surface area (Å²) in [7, 11) is 3.41. The summed E-state index contributed by atoms with van der Waals surface area (Å²) in [6.45, 7) is 0. The molecule has 0 aromatic carbocycles. The number of aromatic nitrogens is 3. The Bertz CT molecular complexity index is 1100. The van der Waals surface area contributed by atoms with Crippen LogP contribution in [0.25, 0.3) is 0 Å². The summed E-state index contributed by atoms with van der Waals surface area (Å²) >= 11 is 2.91. The molecule has 1 N–H and O–H groups in total. The first-order valence-electron chi connectivity index (χ1n) is 12.5. The van der Waals surface area contributed by atoms with Gasteiger partial charge in [-0.25, -0.2) is 4.79 Å². The van der Waals surface area contributed by atoms with E-state index in [1.807, 2.05) is 7.05 Å². The molecule has 0 unspecified atom stereocenters. The molecule has 0 aliphatic heterocycles. The Morgan fingerprint density at radius 3 is 2.53 bits per heavy atom. The van der Waals surface area contributed by atoms with Crippen molar-refractivity contribution < 1.29 is 14.3 Å². The van der Waals surface area contributed by atoms with Gasteiger partial charge in [0.15, 0.2) is 5.16 Å². The molecule has 2 heterocycles. The molecule has 4 saturated carbocycles. The third kappa shape index (κ3) is 3.98. The Kier molecular flexibility index (Phi) is 5.75. The molecule has 0 radical (unpaired) electrons. The molecule has 7 nitrogen and oxygen atoms in total. The SMILES string of the molecule is COC(=O)c1c(NC(=O)CSc2nnc(CC34CC5CC(CC(C5)C3)C4)n2C)sc2c1CCC2. The summed E-state index contributed by atoms with van der Waals surface area (Å²) in [5, 5.41) is 13.3. The van der Waals surface area contributed by atoms with Crippen LogP contribution in [-0.4, -0.2) is 39.5 Å². The zero-order valence-corrected chi connectivity index (χ0v) is 21.5. The standard InChI is InChI=1S/C25H32N4O3S2/c1-29-19(12-25-9-14-6-15(10-25)8-16(7-14)11-25)27-28-24(29)33-13-20(30)26-22-21(23(31)32-2)17-4-3-5-18(17)34-22/h14-16H,3-13H2,1-2H3,(H,26,30). The Labute approximate surface area is 208 Å². The molecule has 34 heavy (non-hydrogen) atoms. The van der Waals surface area contributed by atoms with Crippen molar-refractivity contribution in [1.29, 1.82) is 0 Å². The number of methoxy groups -OCH3 is 1. The van der Waals surface area contributed by atoms with E-state index < -0.39 is 0 Å². The van der Waals surface area contributed by atoms with Gasteiger partial charge in [-0.1, -0.05) is 11.8 Å². The van der Waals surface area contributed by atoms with Crippen LogP contribution in [0.15, 0.2) is 5.16 Å². The fourth-order valence-corrected chi connectivity index (χ4v) is 9.59. The van der Waals surface area contributed by atoms with Gasteiger partial charge in [-0.2, -0.15) is 0 Å². The van der Waals surface area contributed by atoms with E-state index in [9.17, 15) is 9.59 Å². The Balaban J connectivity index is 1.10. The molecule has 0 saturated heterocycles. The molecule has 0 spiro atoms. The van der Waals surface area contributed by atoms with E-state index in [2.05, 4.69) is 20.1 Å². The van der Waals surface area contributed by atoms with Crippen LogP contribution in [-0.2, 0) is 35.8 Å². The zero-order valence-electron chi connectivity index (χ0n) is 19.9. The fraction of sp³-hybridized carbons (Fsp3) is 0.680. The third-order valence-corrected chi connectivity index (χ3v) is 10.7. The first kappa shape index (κ1) is 22.6. The number of thioether (sulfide) groups is 1. The topological polar surface area (TPSA) is 86.1 Å². The average molecular weight is 501 g/mol. The second-order valence-electron chi connectivity index (χ2n) is 10.9. The maximum atomic E-state index is 12.8. The minimum atomic E-state index is -0.370. The molecular formula is C25H32N4O3S2. The van der Waals surface area contributed by atoms with Crippen molar-refractivity contribution in [3.8, 4) is 0 Å². The normalized spacial score (nSPS) is 28.8. The van der Waals surface area contributed by atoms with Crippen LogP contribution in [0.4, 0.5) is 5.00 Å². The van der Waals surface area contributed by atoms with Crippen molar-refractivity contribution in [3.05, 3.63) is 21.8 Å². The number of fused-ring (bicyclic) bond motifs is 1. The van der Waals surface area contributed by atoms with E-state index >= 15 is 0 Å². The van der Waals surface area contributed by atoms with Gasteiger partial charge in [0.25, 0.3) is 0 Å². The Morgan fingerprint density at radius 2 is 1.85 bits per heavy atom. The number of carbonyl (C=O) groups is 2. The monoisotopic (exact) mass is 500 g/mol. The highest BCUT2D eigenvalue weighted by Gasteiger charge is 2.51. The van der Waals surface area contributed by atoms with Crippen molar-refractivity contribution in [2.24, 2.45) is 30.2 Å². The van der Waals surface area contributed by atoms with E-state index in [1.165, 1.54) is 73.6 Å². The number of hydrogen-bond donors (Lipinski definition) is 1. The maximum Gasteiger partial charge on any atom is 0.341 e. The van der Waals surface area contributed by atoms with E-state index in [4.69, 9.17) is 4.74 Å². The number of carbonyl (C=O) groups excluding carboxylic acids is 2. The molecule has 4 bridgehead atoms. The van der Waals surface area contributed by atoms with Crippen LogP contribution in [0, 0.1) is 23.2 Å². The van der Waals surface area contributed by atoms with Crippen LogP contribution in [0.3, 0.4) is 0 Å². The lowest BCUT2D eigenvalue weighted by Gasteiger charge is -2.56. The Morgan fingerprint density at radius 1 is 1.15 bits per heavy atom. The predicted octanol–water partition coefficient (Wildman–Crippen LogP) is 4.64. The molecule has 4 fully saturated rings. The van der Waals surface area contributed by atoms with Gasteiger partial charge in [0.2, 0.25) is 5.91 Å².